The highest BCUT2D eigenvalue weighted by molar-refractivity contribution is 6.31. The monoisotopic (exact) mass is 310 g/mol. The Morgan fingerprint density at radius 2 is 2.05 bits per heavy atom. The molecule has 7 heteroatoms. The van der Waals surface area contributed by atoms with E-state index in [1.807, 2.05) is 0 Å². The lowest BCUT2D eigenvalue weighted by Crippen LogP contribution is -2.17. The van der Waals surface area contributed by atoms with Gasteiger partial charge in [-0.15, -0.1) is 11.6 Å². The average molecular weight is 311 g/mol. The van der Waals surface area contributed by atoms with Gasteiger partial charge in [0.15, 0.2) is 0 Å². The molecule has 0 amide bonds. The molecule has 0 aliphatic heterocycles. The van der Waals surface area contributed by atoms with Crippen molar-refractivity contribution in [1.82, 2.24) is 9.55 Å². The van der Waals surface area contributed by atoms with Crippen LogP contribution in [0.4, 0.5) is 13.2 Å². The molecule has 0 saturated heterocycles. The van der Waals surface area contributed by atoms with Gasteiger partial charge in [-0.25, -0.2) is 4.98 Å². The van der Waals surface area contributed by atoms with Crippen molar-refractivity contribution in [3.63, 3.8) is 0 Å². The van der Waals surface area contributed by atoms with Crippen LogP contribution in [0.25, 0.3) is 11.0 Å². The van der Waals surface area contributed by atoms with E-state index >= 15 is 0 Å². The zero-order chi connectivity index (χ0) is 14.2. The van der Waals surface area contributed by atoms with Crippen LogP contribution < -0.4 is 0 Å². The third kappa shape index (κ3) is 3.15. The van der Waals surface area contributed by atoms with Crippen molar-refractivity contribution in [3.05, 3.63) is 29.0 Å². The van der Waals surface area contributed by atoms with Crippen LogP contribution in [0.5, 0.6) is 0 Å². The van der Waals surface area contributed by atoms with Gasteiger partial charge in [-0.05, 0) is 25.1 Å². The summed E-state index contributed by atoms with van der Waals surface area (Å²) >= 11 is 11.6. The van der Waals surface area contributed by atoms with Crippen LogP contribution in [0.1, 0.15) is 25.2 Å². The Labute approximate surface area is 118 Å². The lowest BCUT2D eigenvalue weighted by molar-refractivity contribution is -0.141. The highest BCUT2D eigenvalue weighted by Crippen LogP contribution is 2.32. The van der Waals surface area contributed by atoms with E-state index < -0.39 is 18.6 Å². The van der Waals surface area contributed by atoms with Crippen molar-refractivity contribution < 1.29 is 13.2 Å². The second-order valence-electron chi connectivity index (χ2n) is 4.33. The molecule has 104 valence electrons. The SMILES string of the molecule is CC(CC(F)(F)F)n1c(CCl)nc2cc(Cl)ccc21. The molecule has 0 aliphatic carbocycles. The molecule has 2 aromatic rings. The zero-order valence-electron chi connectivity index (χ0n) is 10.0. The van der Waals surface area contributed by atoms with Gasteiger partial charge in [0.1, 0.15) is 5.82 Å². The third-order valence-electron chi connectivity index (χ3n) is 2.81. The van der Waals surface area contributed by atoms with Gasteiger partial charge < -0.3 is 4.57 Å². The minimum absolute atomic E-state index is 0.0501. The first kappa shape index (κ1) is 14.5. The fourth-order valence-corrected chi connectivity index (χ4v) is 2.49. The molecular formula is C12H11Cl2F3N2. The summed E-state index contributed by atoms with van der Waals surface area (Å²) in [4.78, 5) is 4.22. The van der Waals surface area contributed by atoms with Gasteiger partial charge >= 0.3 is 6.18 Å². The molecule has 2 rings (SSSR count). The lowest BCUT2D eigenvalue weighted by atomic mass is 10.2. The zero-order valence-corrected chi connectivity index (χ0v) is 11.5. The molecule has 0 aliphatic rings. The Morgan fingerprint density at radius 3 is 2.63 bits per heavy atom. The maximum atomic E-state index is 12.5. The first-order valence-corrected chi connectivity index (χ1v) is 6.52. The number of benzene rings is 1. The topological polar surface area (TPSA) is 17.8 Å². The van der Waals surface area contributed by atoms with Crippen molar-refractivity contribution in [2.24, 2.45) is 0 Å². The highest BCUT2D eigenvalue weighted by atomic mass is 35.5. The van der Waals surface area contributed by atoms with E-state index in [2.05, 4.69) is 4.98 Å². The van der Waals surface area contributed by atoms with Crippen LogP contribution in [-0.4, -0.2) is 15.7 Å². The number of nitrogens with zero attached hydrogens (tertiary/aromatic N) is 2. The molecule has 0 radical (unpaired) electrons. The largest absolute Gasteiger partial charge is 0.391 e. The highest BCUT2D eigenvalue weighted by Gasteiger charge is 2.32. The molecule has 1 heterocycles. The van der Waals surface area contributed by atoms with Gasteiger partial charge in [-0.2, -0.15) is 13.2 Å². The first-order chi connectivity index (χ1) is 8.81. The maximum Gasteiger partial charge on any atom is 0.391 e. The Morgan fingerprint density at radius 1 is 1.37 bits per heavy atom. The molecule has 0 bridgehead atoms. The van der Waals surface area contributed by atoms with E-state index in [0.717, 1.165) is 0 Å². The van der Waals surface area contributed by atoms with Crippen LogP contribution in [0.2, 0.25) is 5.02 Å². The Kier molecular flexibility index (Phi) is 3.97. The molecule has 1 aromatic carbocycles. The molecule has 0 saturated carbocycles. The van der Waals surface area contributed by atoms with E-state index in [9.17, 15) is 13.2 Å². The van der Waals surface area contributed by atoms with Gasteiger partial charge in [0.2, 0.25) is 0 Å². The molecule has 0 N–H and O–H groups in total. The standard InChI is InChI=1S/C12H11Cl2F3N2/c1-7(5-12(15,16)17)19-10-3-2-8(14)4-9(10)18-11(19)6-13/h2-4,7H,5-6H2,1H3. The number of hydrogen-bond donors (Lipinski definition) is 0. The van der Waals surface area contributed by atoms with Gasteiger partial charge in [0, 0.05) is 11.1 Å². The van der Waals surface area contributed by atoms with E-state index in [4.69, 9.17) is 23.2 Å². The summed E-state index contributed by atoms with van der Waals surface area (Å²) in [6.07, 6.45) is -5.16. The molecule has 19 heavy (non-hydrogen) atoms. The van der Waals surface area contributed by atoms with Crippen molar-refractivity contribution in [3.8, 4) is 0 Å². The minimum atomic E-state index is -4.23. The van der Waals surface area contributed by atoms with Crippen molar-refractivity contribution >= 4 is 34.2 Å². The Hall–Kier alpha value is -0.940. The Balaban J connectivity index is 2.51. The molecule has 0 spiro atoms. The number of rotatable bonds is 3. The second kappa shape index (κ2) is 5.21. The number of aromatic nitrogens is 2. The summed E-state index contributed by atoms with van der Waals surface area (Å²) in [7, 11) is 0. The van der Waals surface area contributed by atoms with E-state index in [-0.39, 0.29) is 5.88 Å². The molecule has 1 atom stereocenters. The summed E-state index contributed by atoms with van der Waals surface area (Å²) in [5.74, 6) is 0.463. The predicted octanol–water partition coefficient (Wildman–Crippen LogP) is 4.94. The number of hydrogen-bond acceptors (Lipinski definition) is 1. The normalized spacial score (nSPS) is 14.0. The van der Waals surface area contributed by atoms with Crippen LogP contribution in [0, 0.1) is 0 Å². The summed E-state index contributed by atoms with van der Waals surface area (Å²) in [6.45, 7) is 1.50. The fraction of sp³-hybridized carbons (Fsp3) is 0.417. The fourth-order valence-electron chi connectivity index (χ4n) is 2.13. The van der Waals surface area contributed by atoms with Gasteiger partial charge in [-0.1, -0.05) is 11.6 Å². The number of fused-ring (bicyclic) bond motifs is 1. The second-order valence-corrected chi connectivity index (χ2v) is 5.04. The average Bonchev–Trinajstić information content (AvgIpc) is 2.63. The molecule has 1 aromatic heterocycles. The smallest absolute Gasteiger partial charge is 0.324 e. The predicted molar refractivity (Wildman–Crippen MR) is 69.7 cm³/mol. The van der Waals surface area contributed by atoms with Crippen LogP contribution in [0.3, 0.4) is 0 Å². The summed E-state index contributed by atoms with van der Waals surface area (Å²) < 4.78 is 39.0. The third-order valence-corrected chi connectivity index (χ3v) is 3.29. The van der Waals surface area contributed by atoms with Gasteiger partial charge in [0.05, 0.1) is 23.3 Å². The summed E-state index contributed by atoms with van der Waals surface area (Å²) in [6, 6.07) is 4.14. The number of alkyl halides is 4. The quantitative estimate of drug-likeness (QED) is 0.734. The van der Waals surface area contributed by atoms with Gasteiger partial charge in [-0.3, -0.25) is 0 Å². The van der Waals surface area contributed by atoms with Crippen molar-refractivity contribution in [2.45, 2.75) is 31.4 Å². The van der Waals surface area contributed by atoms with E-state index in [1.54, 1.807) is 18.2 Å². The lowest BCUT2D eigenvalue weighted by Gasteiger charge is -2.18. The maximum absolute atomic E-state index is 12.5. The molecule has 0 fully saturated rings. The summed E-state index contributed by atoms with van der Waals surface area (Å²) in [5, 5.41) is 0.488. The van der Waals surface area contributed by atoms with Crippen LogP contribution in [-0.2, 0) is 5.88 Å². The number of imidazole rings is 1. The van der Waals surface area contributed by atoms with Gasteiger partial charge in [0.25, 0.3) is 0 Å². The van der Waals surface area contributed by atoms with E-state index in [1.165, 1.54) is 11.5 Å². The molecule has 1 unspecified atom stereocenters. The number of halogens is 5. The first-order valence-electron chi connectivity index (χ1n) is 5.61. The minimum Gasteiger partial charge on any atom is -0.324 e. The van der Waals surface area contributed by atoms with Crippen LogP contribution >= 0.6 is 23.2 Å². The van der Waals surface area contributed by atoms with Crippen molar-refractivity contribution in [2.75, 3.05) is 0 Å². The molecular weight excluding hydrogens is 300 g/mol. The van der Waals surface area contributed by atoms with Crippen LogP contribution in [0.15, 0.2) is 18.2 Å². The Bertz CT molecular complexity index is 592. The molecule has 2 nitrogen and oxygen atoms in total. The van der Waals surface area contributed by atoms with E-state index in [0.29, 0.717) is 21.9 Å². The summed E-state index contributed by atoms with van der Waals surface area (Å²) in [5.41, 5.74) is 1.16. The van der Waals surface area contributed by atoms with Crippen molar-refractivity contribution in [1.29, 1.82) is 0 Å².